The molecule has 2 aromatic heterocycles. The number of rotatable bonds is 4. The Balaban J connectivity index is 1.70. The fraction of sp³-hybridized carbons (Fsp3) is 0.0526. The van der Waals surface area contributed by atoms with Crippen molar-refractivity contribution < 1.29 is 9.53 Å². The molecule has 0 radical (unpaired) electrons. The first-order valence-corrected chi connectivity index (χ1v) is 8.73. The van der Waals surface area contributed by atoms with E-state index in [4.69, 9.17) is 27.9 Å². The third-order valence-corrected chi connectivity index (χ3v) is 4.44. The van der Waals surface area contributed by atoms with Crippen molar-refractivity contribution in [1.29, 1.82) is 0 Å². The van der Waals surface area contributed by atoms with Crippen LogP contribution < -0.4 is 4.74 Å². The van der Waals surface area contributed by atoms with E-state index >= 15 is 0 Å². The van der Waals surface area contributed by atoms with Gasteiger partial charge in [0.25, 0.3) is 0 Å². The Morgan fingerprint density at radius 2 is 1.78 bits per heavy atom. The number of Topliss-reactive ketones (excluding diaryl/α,β-unsaturated/α-hetero) is 1. The van der Waals surface area contributed by atoms with E-state index < -0.39 is 0 Å². The summed E-state index contributed by atoms with van der Waals surface area (Å²) < 4.78 is 7.33. The van der Waals surface area contributed by atoms with E-state index in [1.807, 2.05) is 0 Å². The minimum atomic E-state index is -0.00457. The fourth-order valence-electron chi connectivity index (χ4n) is 2.54. The SMILES string of the molecule is CC(=O)c1ccc(Oc2ccc3nnc(-c4ccc(Cl)cc4Cl)n3n2)cc1. The average Bonchev–Trinajstić information content (AvgIpc) is 3.05. The molecule has 134 valence electrons. The first-order chi connectivity index (χ1) is 13.0. The number of fused-ring (bicyclic) bond motifs is 1. The summed E-state index contributed by atoms with van der Waals surface area (Å²) in [6, 6.07) is 15.4. The van der Waals surface area contributed by atoms with Gasteiger partial charge < -0.3 is 4.74 Å². The standard InChI is InChI=1S/C19H12Cl2N4O2/c1-11(26)12-2-5-14(6-3-12)27-18-9-8-17-22-23-19(25(17)24-18)15-7-4-13(20)10-16(15)21/h2-10H,1H3. The number of hydrogen-bond donors (Lipinski definition) is 0. The van der Waals surface area contributed by atoms with Gasteiger partial charge in [-0.3, -0.25) is 4.79 Å². The van der Waals surface area contributed by atoms with E-state index in [9.17, 15) is 4.79 Å². The number of benzene rings is 2. The summed E-state index contributed by atoms with van der Waals surface area (Å²) in [4.78, 5) is 11.4. The minimum absolute atomic E-state index is 0.00457. The second-order valence-electron chi connectivity index (χ2n) is 5.77. The summed E-state index contributed by atoms with van der Waals surface area (Å²) in [7, 11) is 0. The van der Waals surface area contributed by atoms with Crippen LogP contribution in [-0.4, -0.2) is 25.6 Å². The monoisotopic (exact) mass is 398 g/mol. The maximum Gasteiger partial charge on any atom is 0.237 e. The van der Waals surface area contributed by atoms with Crippen LogP contribution in [0.3, 0.4) is 0 Å². The lowest BCUT2D eigenvalue weighted by Gasteiger charge is -2.07. The predicted molar refractivity (Wildman–Crippen MR) is 103 cm³/mol. The number of aromatic nitrogens is 4. The molecular weight excluding hydrogens is 387 g/mol. The first kappa shape index (κ1) is 17.5. The van der Waals surface area contributed by atoms with Crippen molar-refractivity contribution in [2.24, 2.45) is 0 Å². The molecule has 0 atom stereocenters. The lowest BCUT2D eigenvalue weighted by molar-refractivity contribution is 0.101. The van der Waals surface area contributed by atoms with Crippen LogP contribution >= 0.6 is 23.2 Å². The molecule has 2 heterocycles. The largest absolute Gasteiger partial charge is 0.438 e. The third-order valence-electron chi connectivity index (χ3n) is 3.89. The maximum atomic E-state index is 11.4. The van der Waals surface area contributed by atoms with Gasteiger partial charge in [-0.2, -0.15) is 4.52 Å². The van der Waals surface area contributed by atoms with Crippen molar-refractivity contribution in [2.75, 3.05) is 0 Å². The Kier molecular flexibility index (Phi) is 4.51. The summed E-state index contributed by atoms with van der Waals surface area (Å²) >= 11 is 12.2. The molecule has 0 aliphatic heterocycles. The highest BCUT2D eigenvalue weighted by Crippen LogP contribution is 2.30. The molecule has 0 unspecified atom stereocenters. The van der Waals surface area contributed by atoms with Gasteiger partial charge >= 0.3 is 0 Å². The molecule has 0 saturated heterocycles. The Bertz CT molecular complexity index is 1160. The summed E-state index contributed by atoms with van der Waals surface area (Å²) in [5.41, 5.74) is 1.82. The molecule has 0 amide bonds. The van der Waals surface area contributed by atoms with Crippen LogP contribution in [0.15, 0.2) is 54.6 Å². The zero-order chi connectivity index (χ0) is 19.0. The topological polar surface area (TPSA) is 69.4 Å². The minimum Gasteiger partial charge on any atom is -0.438 e. The predicted octanol–water partition coefficient (Wildman–Crippen LogP) is 5.09. The zero-order valence-electron chi connectivity index (χ0n) is 14.1. The normalized spacial score (nSPS) is 10.9. The van der Waals surface area contributed by atoms with E-state index in [1.54, 1.807) is 59.1 Å². The van der Waals surface area contributed by atoms with Crippen molar-refractivity contribution in [2.45, 2.75) is 6.92 Å². The second kappa shape index (κ2) is 6.98. The van der Waals surface area contributed by atoms with Gasteiger partial charge in [-0.05, 0) is 55.5 Å². The maximum absolute atomic E-state index is 11.4. The summed E-state index contributed by atoms with van der Waals surface area (Å²) in [6.07, 6.45) is 0. The van der Waals surface area contributed by atoms with Crippen LogP contribution in [-0.2, 0) is 0 Å². The molecule has 0 aliphatic carbocycles. The van der Waals surface area contributed by atoms with Crippen LogP contribution in [0.4, 0.5) is 0 Å². The van der Waals surface area contributed by atoms with E-state index in [2.05, 4.69) is 15.3 Å². The van der Waals surface area contributed by atoms with Gasteiger partial charge in [-0.1, -0.05) is 23.2 Å². The molecule has 0 fully saturated rings. The molecule has 27 heavy (non-hydrogen) atoms. The molecule has 0 saturated carbocycles. The molecule has 8 heteroatoms. The molecule has 0 spiro atoms. The van der Waals surface area contributed by atoms with Gasteiger partial charge in [0, 0.05) is 22.2 Å². The van der Waals surface area contributed by atoms with Crippen LogP contribution in [0.1, 0.15) is 17.3 Å². The van der Waals surface area contributed by atoms with E-state index in [-0.39, 0.29) is 5.78 Å². The van der Waals surface area contributed by atoms with Gasteiger partial charge in [0.1, 0.15) is 5.75 Å². The fourth-order valence-corrected chi connectivity index (χ4v) is 3.04. The molecule has 4 rings (SSSR count). The highest BCUT2D eigenvalue weighted by molar-refractivity contribution is 6.36. The van der Waals surface area contributed by atoms with E-state index in [1.165, 1.54) is 6.92 Å². The van der Waals surface area contributed by atoms with Crippen LogP contribution in [0.25, 0.3) is 17.0 Å². The molecule has 0 bridgehead atoms. The summed E-state index contributed by atoms with van der Waals surface area (Å²) in [5, 5.41) is 13.7. The van der Waals surface area contributed by atoms with Gasteiger partial charge in [0.2, 0.25) is 5.88 Å². The van der Waals surface area contributed by atoms with Gasteiger partial charge in [0.05, 0.1) is 5.02 Å². The molecule has 0 N–H and O–H groups in total. The first-order valence-electron chi connectivity index (χ1n) is 7.98. The molecule has 4 aromatic rings. The lowest BCUT2D eigenvalue weighted by atomic mass is 10.1. The highest BCUT2D eigenvalue weighted by Gasteiger charge is 2.14. The Morgan fingerprint density at radius 3 is 2.48 bits per heavy atom. The Labute approximate surface area is 164 Å². The third kappa shape index (κ3) is 3.49. The highest BCUT2D eigenvalue weighted by atomic mass is 35.5. The van der Waals surface area contributed by atoms with E-state index in [0.717, 1.165) is 0 Å². The summed E-state index contributed by atoms with van der Waals surface area (Å²) in [5.74, 6) is 1.38. The number of ether oxygens (including phenoxy) is 1. The smallest absolute Gasteiger partial charge is 0.237 e. The number of hydrogen-bond acceptors (Lipinski definition) is 5. The van der Waals surface area contributed by atoms with Crippen LogP contribution in [0, 0.1) is 0 Å². The van der Waals surface area contributed by atoms with Crippen LogP contribution in [0.5, 0.6) is 11.6 Å². The number of ketones is 1. The number of halogens is 2. The zero-order valence-corrected chi connectivity index (χ0v) is 15.6. The van der Waals surface area contributed by atoms with Crippen molar-refractivity contribution in [3.8, 4) is 23.0 Å². The van der Waals surface area contributed by atoms with Crippen molar-refractivity contribution in [3.63, 3.8) is 0 Å². The molecular formula is C19H12Cl2N4O2. The molecule has 0 aliphatic rings. The van der Waals surface area contributed by atoms with Crippen LogP contribution in [0.2, 0.25) is 10.0 Å². The van der Waals surface area contributed by atoms with E-state index in [0.29, 0.717) is 44.3 Å². The quantitative estimate of drug-likeness (QED) is 0.447. The average molecular weight is 399 g/mol. The lowest BCUT2D eigenvalue weighted by Crippen LogP contribution is -1.98. The number of carbonyl (C=O) groups excluding carboxylic acids is 1. The molecule has 6 nitrogen and oxygen atoms in total. The van der Waals surface area contributed by atoms with Crippen molar-refractivity contribution in [1.82, 2.24) is 19.8 Å². The molecule has 2 aromatic carbocycles. The Hall–Kier alpha value is -2.96. The Morgan fingerprint density at radius 1 is 1.00 bits per heavy atom. The van der Waals surface area contributed by atoms with Gasteiger partial charge in [-0.25, -0.2) is 0 Å². The summed E-state index contributed by atoms with van der Waals surface area (Å²) in [6.45, 7) is 1.51. The van der Waals surface area contributed by atoms with Gasteiger partial charge in [0.15, 0.2) is 17.3 Å². The number of carbonyl (C=O) groups is 1. The van der Waals surface area contributed by atoms with Gasteiger partial charge in [-0.15, -0.1) is 15.3 Å². The van der Waals surface area contributed by atoms with Crippen molar-refractivity contribution >= 4 is 34.6 Å². The van der Waals surface area contributed by atoms with Crippen molar-refractivity contribution in [3.05, 3.63) is 70.2 Å². The number of nitrogens with zero attached hydrogens (tertiary/aromatic N) is 4. The second-order valence-corrected chi connectivity index (χ2v) is 6.62.